The second kappa shape index (κ2) is 9.52. The predicted molar refractivity (Wildman–Crippen MR) is 119 cm³/mol. The summed E-state index contributed by atoms with van der Waals surface area (Å²) < 4.78 is 16.7. The van der Waals surface area contributed by atoms with Crippen molar-refractivity contribution in [3.05, 3.63) is 66.7 Å². The molecule has 0 saturated heterocycles. The highest BCUT2D eigenvalue weighted by atomic mass is 16.5. The largest absolute Gasteiger partial charge is 0.497 e. The number of hydrogen-bond acceptors (Lipinski definition) is 5. The highest BCUT2D eigenvalue weighted by molar-refractivity contribution is 6.10. The molecule has 0 aliphatic carbocycles. The molecule has 0 radical (unpaired) electrons. The van der Waals surface area contributed by atoms with E-state index < -0.39 is 6.10 Å². The number of aliphatic hydroxyl groups is 1. The number of ether oxygens (including phenoxy) is 3. The third-order valence-corrected chi connectivity index (χ3v) is 4.91. The van der Waals surface area contributed by atoms with Gasteiger partial charge in [-0.15, -0.1) is 0 Å². The summed E-state index contributed by atoms with van der Waals surface area (Å²) in [6.07, 6.45) is -0.619. The van der Waals surface area contributed by atoms with Gasteiger partial charge in [0.25, 0.3) is 0 Å². The van der Waals surface area contributed by atoms with E-state index in [4.69, 9.17) is 14.2 Å². The first kappa shape index (κ1) is 20.1. The normalized spacial score (nSPS) is 12.2. The van der Waals surface area contributed by atoms with Gasteiger partial charge in [-0.05, 0) is 42.5 Å². The summed E-state index contributed by atoms with van der Waals surface area (Å²) in [5.41, 5.74) is 2.10. The Bertz CT molecular complexity index is 1090. The van der Waals surface area contributed by atoms with Crippen LogP contribution in [0.4, 0.5) is 0 Å². The van der Waals surface area contributed by atoms with Gasteiger partial charge in [-0.2, -0.15) is 0 Å². The number of aliphatic hydroxyl groups excluding tert-OH is 1. The van der Waals surface area contributed by atoms with Crippen LogP contribution >= 0.6 is 0 Å². The van der Waals surface area contributed by atoms with Crippen LogP contribution in [0.2, 0.25) is 0 Å². The Labute approximate surface area is 175 Å². The molecule has 1 unspecified atom stereocenters. The number of benzene rings is 3. The number of H-pyrrole nitrogens is 1. The van der Waals surface area contributed by atoms with Crippen LogP contribution in [-0.2, 0) is 0 Å². The van der Waals surface area contributed by atoms with Crippen LogP contribution in [0.25, 0.3) is 21.8 Å². The zero-order valence-corrected chi connectivity index (χ0v) is 16.9. The maximum absolute atomic E-state index is 10.3. The lowest BCUT2D eigenvalue weighted by Gasteiger charge is -2.14. The van der Waals surface area contributed by atoms with Crippen LogP contribution in [0.3, 0.4) is 0 Å². The van der Waals surface area contributed by atoms with E-state index in [0.717, 1.165) is 39.1 Å². The fourth-order valence-electron chi connectivity index (χ4n) is 3.42. The van der Waals surface area contributed by atoms with E-state index in [9.17, 15) is 5.11 Å². The molecule has 6 nitrogen and oxygen atoms in total. The first-order valence-corrected chi connectivity index (χ1v) is 10.0. The molecule has 30 heavy (non-hydrogen) atoms. The third kappa shape index (κ3) is 4.67. The molecule has 0 bridgehead atoms. The van der Waals surface area contributed by atoms with Crippen molar-refractivity contribution in [2.24, 2.45) is 0 Å². The molecule has 0 aliphatic rings. The number of para-hydroxylation sites is 1. The van der Waals surface area contributed by atoms with E-state index in [2.05, 4.69) is 16.4 Å². The number of aromatic amines is 1. The highest BCUT2D eigenvalue weighted by Crippen LogP contribution is 2.32. The summed E-state index contributed by atoms with van der Waals surface area (Å²) in [5.74, 6) is 2.35. The molecule has 0 aliphatic heterocycles. The lowest BCUT2D eigenvalue weighted by atomic mass is 10.1. The number of hydrogen-bond donors (Lipinski definition) is 3. The highest BCUT2D eigenvalue weighted by Gasteiger charge is 2.11. The Kier molecular flexibility index (Phi) is 6.37. The summed E-state index contributed by atoms with van der Waals surface area (Å²) in [7, 11) is 1.63. The average Bonchev–Trinajstić information content (AvgIpc) is 3.17. The molecule has 4 rings (SSSR count). The average molecular weight is 406 g/mol. The summed E-state index contributed by atoms with van der Waals surface area (Å²) in [4.78, 5) is 3.40. The minimum atomic E-state index is -0.619. The quantitative estimate of drug-likeness (QED) is 0.350. The zero-order chi connectivity index (χ0) is 20.8. The first-order valence-electron chi connectivity index (χ1n) is 10.0. The molecule has 156 valence electrons. The smallest absolute Gasteiger partial charge is 0.129 e. The summed E-state index contributed by atoms with van der Waals surface area (Å²) in [5, 5.41) is 15.6. The number of nitrogens with one attached hydrogen (secondary N) is 2. The monoisotopic (exact) mass is 406 g/mol. The SMILES string of the molecule is COc1ccc(OCCNCC(O)COc2cccc3[nH]c4ccccc4c23)cc1. The van der Waals surface area contributed by atoms with E-state index in [1.807, 2.05) is 60.7 Å². The van der Waals surface area contributed by atoms with Crippen LogP contribution in [-0.4, -0.2) is 49.6 Å². The molecule has 0 amide bonds. The molecular formula is C24H26N2O4. The minimum absolute atomic E-state index is 0.213. The maximum Gasteiger partial charge on any atom is 0.129 e. The van der Waals surface area contributed by atoms with Gasteiger partial charge in [-0.25, -0.2) is 0 Å². The van der Waals surface area contributed by atoms with Crippen LogP contribution in [0.1, 0.15) is 0 Å². The molecule has 3 N–H and O–H groups in total. The van der Waals surface area contributed by atoms with Crippen molar-refractivity contribution in [2.45, 2.75) is 6.10 Å². The van der Waals surface area contributed by atoms with Crippen molar-refractivity contribution in [1.82, 2.24) is 10.3 Å². The van der Waals surface area contributed by atoms with Crippen LogP contribution in [0.15, 0.2) is 66.7 Å². The Morgan fingerprint density at radius 2 is 1.67 bits per heavy atom. The minimum Gasteiger partial charge on any atom is -0.497 e. The van der Waals surface area contributed by atoms with Crippen molar-refractivity contribution in [3.8, 4) is 17.2 Å². The Balaban J connectivity index is 1.23. The van der Waals surface area contributed by atoms with Gasteiger partial charge in [-0.1, -0.05) is 24.3 Å². The second-order valence-electron chi connectivity index (χ2n) is 7.04. The van der Waals surface area contributed by atoms with Gasteiger partial charge < -0.3 is 29.6 Å². The Morgan fingerprint density at radius 3 is 2.50 bits per heavy atom. The summed E-state index contributed by atoms with van der Waals surface area (Å²) in [6, 6.07) is 21.5. The van der Waals surface area contributed by atoms with Gasteiger partial charge in [0.1, 0.15) is 36.6 Å². The number of aromatic nitrogens is 1. The predicted octanol–water partition coefficient (Wildman–Crippen LogP) is 3.74. The molecular weight excluding hydrogens is 380 g/mol. The van der Waals surface area contributed by atoms with E-state index in [1.54, 1.807) is 7.11 Å². The maximum atomic E-state index is 10.3. The lowest BCUT2D eigenvalue weighted by molar-refractivity contribution is 0.106. The van der Waals surface area contributed by atoms with Crippen molar-refractivity contribution >= 4 is 21.8 Å². The van der Waals surface area contributed by atoms with Crippen LogP contribution < -0.4 is 19.5 Å². The third-order valence-electron chi connectivity index (χ3n) is 4.91. The summed E-state index contributed by atoms with van der Waals surface area (Å²) in [6.45, 7) is 1.77. The molecule has 0 spiro atoms. The van der Waals surface area contributed by atoms with Crippen LogP contribution in [0.5, 0.6) is 17.2 Å². The van der Waals surface area contributed by atoms with E-state index >= 15 is 0 Å². The second-order valence-corrected chi connectivity index (χ2v) is 7.04. The van der Waals surface area contributed by atoms with Crippen molar-refractivity contribution in [2.75, 3.05) is 33.4 Å². The van der Waals surface area contributed by atoms with Gasteiger partial charge in [0.2, 0.25) is 0 Å². The zero-order valence-electron chi connectivity index (χ0n) is 16.9. The van der Waals surface area contributed by atoms with E-state index in [-0.39, 0.29) is 6.61 Å². The number of fused-ring (bicyclic) bond motifs is 3. The van der Waals surface area contributed by atoms with E-state index in [0.29, 0.717) is 19.7 Å². The van der Waals surface area contributed by atoms with E-state index in [1.165, 1.54) is 0 Å². The molecule has 3 aromatic carbocycles. The van der Waals surface area contributed by atoms with Crippen molar-refractivity contribution in [1.29, 1.82) is 0 Å². The molecule has 0 saturated carbocycles. The van der Waals surface area contributed by atoms with Gasteiger partial charge >= 0.3 is 0 Å². The standard InChI is InChI=1S/C24H26N2O4/c1-28-18-9-11-19(12-10-18)29-14-13-25-15-17(27)16-30-23-8-4-7-22-24(23)20-5-2-3-6-21(20)26-22/h2-12,17,25-27H,13-16H2,1H3. The van der Waals surface area contributed by atoms with Gasteiger partial charge in [0.05, 0.1) is 12.6 Å². The topological polar surface area (TPSA) is 75.7 Å². The molecule has 6 heteroatoms. The van der Waals surface area contributed by atoms with Gasteiger partial charge in [0, 0.05) is 29.4 Å². The summed E-state index contributed by atoms with van der Waals surface area (Å²) >= 11 is 0. The fraction of sp³-hybridized carbons (Fsp3) is 0.250. The van der Waals surface area contributed by atoms with Crippen LogP contribution in [0, 0.1) is 0 Å². The first-order chi connectivity index (χ1) is 14.7. The molecule has 0 fully saturated rings. The molecule has 4 aromatic rings. The van der Waals surface area contributed by atoms with Crippen molar-refractivity contribution in [3.63, 3.8) is 0 Å². The molecule has 1 atom stereocenters. The Morgan fingerprint density at radius 1 is 0.900 bits per heavy atom. The number of rotatable bonds is 10. The van der Waals surface area contributed by atoms with Crippen molar-refractivity contribution < 1.29 is 19.3 Å². The number of methoxy groups -OCH3 is 1. The van der Waals surface area contributed by atoms with Gasteiger partial charge in [0.15, 0.2) is 0 Å². The Hall–Kier alpha value is -3.22. The lowest BCUT2D eigenvalue weighted by Crippen LogP contribution is -2.33. The molecule has 1 aromatic heterocycles. The fourth-order valence-corrected chi connectivity index (χ4v) is 3.42. The molecule has 1 heterocycles. The van der Waals surface area contributed by atoms with Gasteiger partial charge in [-0.3, -0.25) is 0 Å².